The predicted octanol–water partition coefficient (Wildman–Crippen LogP) is 3.76. The van der Waals surface area contributed by atoms with Gasteiger partial charge in [0.15, 0.2) is 0 Å². The summed E-state index contributed by atoms with van der Waals surface area (Å²) in [6, 6.07) is 7.98. The second-order valence-electron chi connectivity index (χ2n) is 5.69. The maximum atomic E-state index is 6.24. The van der Waals surface area contributed by atoms with Crippen LogP contribution in [0.2, 0.25) is 0 Å². The van der Waals surface area contributed by atoms with Crippen molar-refractivity contribution >= 4 is 0 Å². The Morgan fingerprint density at radius 3 is 2.25 bits per heavy atom. The Morgan fingerprint density at radius 1 is 1.05 bits per heavy atom. The van der Waals surface area contributed by atoms with Crippen LogP contribution in [0.3, 0.4) is 0 Å². The van der Waals surface area contributed by atoms with Crippen molar-refractivity contribution in [1.82, 2.24) is 0 Å². The second kappa shape index (κ2) is 8.15. The van der Waals surface area contributed by atoms with E-state index in [1.54, 1.807) is 0 Å². The molecule has 1 atom stereocenters. The van der Waals surface area contributed by atoms with E-state index in [1.165, 1.54) is 32.1 Å². The van der Waals surface area contributed by atoms with Gasteiger partial charge in [-0.05, 0) is 49.4 Å². The Morgan fingerprint density at radius 2 is 1.65 bits per heavy atom. The average Bonchev–Trinajstić information content (AvgIpc) is 2.52. The average molecular weight is 277 g/mol. The van der Waals surface area contributed by atoms with Crippen molar-refractivity contribution in [1.29, 1.82) is 0 Å². The van der Waals surface area contributed by atoms with Gasteiger partial charge in [-0.15, -0.1) is 0 Å². The Balaban J connectivity index is 1.75. The maximum absolute atomic E-state index is 6.24. The zero-order chi connectivity index (χ0) is 14.2. The first-order valence-corrected chi connectivity index (χ1v) is 7.91. The molecule has 1 aromatic rings. The highest BCUT2D eigenvalue weighted by atomic mass is 16.5. The third-order valence-electron chi connectivity index (χ3n) is 3.99. The molecule has 0 spiro atoms. The Bertz CT molecular complexity index is 371. The van der Waals surface area contributed by atoms with Crippen molar-refractivity contribution in [3.05, 3.63) is 24.3 Å². The molecule has 0 bridgehead atoms. The van der Waals surface area contributed by atoms with Crippen LogP contribution in [0.15, 0.2) is 24.3 Å². The molecular formula is C17H27NO2. The van der Waals surface area contributed by atoms with Crippen molar-refractivity contribution in [2.45, 2.75) is 51.5 Å². The van der Waals surface area contributed by atoms with Crippen LogP contribution in [0.4, 0.5) is 0 Å². The van der Waals surface area contributed by atoms with Crippen molar-refractivity contribution < 1.29 is 9.47 Å². The minimum atomic E-state index is 0.159. The smallest absolute Gasteiger partial charge is 0.119 e. The molecule has 1 aliphatic carbocycles. The SMILES string of the molecule is CCCOc1ccc(OCC(N)C2CCCCC2)cc1. The van der Waals surface area contributed by atoms with Gasteiger partial charge in [0.2, 0.25) is 0 Å². The van der Waals surface area contributed by atoms with Gasteiger partial charge in [-0.25, -0.2) is 0 Å². The minimum Gasteiger partial charge on any atom is -0.494 e. The van der Waals surface area contributed by atoms with E-state index in [9.17, 15) is 0 Å². The zero-order valence-corrected chi connectivity index (χ0v) is 12.5. The van der Waals surface area contributed by atoms with E-state index in [2.05, 4.69) is 6.92 Å². The molecule has 2 N–H and O–H groups in total. The lowest BCUT2D eigenvalue weighted by atomic mass is 9.84. The maximum Gasteiger partial charge on any atom is 0.119 e. The van der Waals surface area contributed by atoms with Gasteiger partial charge < -0.3 is 15.2 Å². The molecule has 2 rings (SSSR count). The first-order chi connectivity index (χ1) is 9.79. The molecule has 112 valence electrons. The van der Waals surface area contributed by atoms with Gasteiger partial charge in [0.05, 0.1) is 6.61 Å². The van der Waals surface area contributed by atoms with Crippen LogP contribution in [0.1, 0.15) is 45.4 Å². The van der Waals surface area contributed by atoms with Crippen molar-refractivity contribution in [2.75, 3.05) is 13.2 Å². The lowest BCUT2D eigenvalue weighted by molar-refractivity contribution is 0.213. The largest absolute Gasteiger partial charge is 0.494 e. The van der Waals surface area contributed by atoms with Crippen molar-refractivity contribution in [2.24, 2.45) is 11.7 Å². The van der Waals surface area contributed by atoms with Gasteiger partial charge >= 0.3 is 0 Å². The Kier molecular flexibility index (Phi) is 6.19. The Labute approximate surface area is 122 Å². The third kappa shape index (κ3) is 4.71. The number of ether oxygens (including phenoxy) is 2. The summed E-state index contributed by atoms with van der Waals surface area (Å²) < 4.78 is 11.4. The lowest BCUT2D eigenvalue weighted by Crippen LogP contribution is -2.37. The topological polar surface area (TPSA) is 44.5 Å². The van der Waals surface area contributed by atoms with E-state index >= 15 is 0 Å². The number of hydrogen-bond donors (Lipinski definition) is 1. The van der Waals surface area contributed by atoms with Crippen LogP contribution in [-0.4, -0.2) is 19.3 Å². The van der Waals surface area contributed by atoms with Crippen LogP contribution in [0.5, 0.6) is 11.5 Å². The van der Waals surface area contributed by atoms with Crippen LogP contribution >= 0.6 is 0 Å². The monoisotopic (exact) mass is 277 g/mol. The summed E-state index contributed by atoms with van der Waals surface area (Å²) in [6.45, 7) is 3.47. The van der Waals surface area contributed by atoms with Gasteiger partial charge in [-0.1, -0.05) is 26.2 Å². The van der Waals surface area contributed by atoms with E-state index in [4.69, 9.17) is 15.2 Å². The number of rotatable bonds is 7. The summed E-state index contributed by atoms with van der Waals surface area (Å²) in [5.41, 5.74) is 6.24. The van der Waals surface area contributed by atoms with Gasteiger partial charge in [0.1, 0.15) is 18.1 Å². The lowest BCUT2D eigenvalue weighted by Gasteiger charge is -2.27. The highest BCUT2D eigenvalue weighted by Gasteiger charge is 2.20. The summed E-state index contributed by atoms with van der Waals surface area (Å²) in [6.07, 6.45) is 7.55. The molecule has 1 aliphatic rings. The molecule has 0 aromatic heterocycles. The van der Waals surface area contributed by atoms with Crippen molar-refractivity contribution in [3.63, 3.8) is 0 Å². The fraction of sp³-hybridized carbons (Fsp3) is 0.647. The predicted molar refractivity (Wildman–Crippen MR) is 82.3 cm³/mol. The summed E-state index contributed by atoms with van der Waals surface area (Å²) in [5.74, 6) is 2.41. The number of nitrogens with two attached hydrogens (primary N) is 1. The Hall–Kier alpha value is -1.22. The van der Waals surface area contributed by atoms with E-state index < -0.39 is 0 Å². The molecule has 0 heterocycles. The molecule has 3 nitrogen and oxygen atoms in total. The molecule has 0 aliphatic heterocycles. The van der Waals surface area contributed by atoms with Crippen LogP contribution < -0.4 is 15.2 Å². The number of hydrogen-bond acceptors (Lipinski definition) is 3. The first-order valence-electron chi connectivity index (χ1n) is 7.91. The summed E-state index contributed by atoms with van der Waals surface area (Å²) in [7, 11) is 0. The molecule has 1 fully saturated rings. The third-order valence-corrected chi connectivity index (χ3v) is 3.99. The number of benzene rings is 1. The van der Waals surface area contributed by atoms with E-state index in [0.29, 0.717) is 12.5 Å². The summed E-state index contributed by atoms with van der Waals surface area (Å²) in [4.78, 5) is 0. The van der Waals surface area contributed by atoms with Gasteiger partial charge in [0, 0.05) is 6.04 Å². The summed E-state index contributed by atoms with van der Waals surface area (Å²) >= 11 is 0. The minimum absolute atomic E-state index is 0.159. The van der Waals surface area contributed by atoms with Crippen LogP contribution in [-0.2, 0) is 0 Å². The van der Waals surface area contributed by atoms with E-state index in [0.717, 1.165) is 24.5 Å². The fourth-order valence-corrected chi connectivity index (χ4v) is 2.74. The molecule has 0 saturated heterocycles. The molecule has 1 saturated carbocycles. The van der Waals surface area contributed by atoms with Crippen LogP contribution in [0.25, 0.3) is 0 Å². The highest BCUT2D eigenvalue weighted by molar-refractivity contribution is 5.31. The van der Waals surface area contributed by atoms with Gasteiger partial charge in [-0.2, -0.15) is 0 Å². The molecule has 1 aromatic carbocycles. The van der Waals surface area contributed by atoms with Crippen molar-refractivity contribution in [3.8, 4) is 11.5 Å². The molecule has 1 unspecified atom stereocenters. The zero-order valence-electron chi connectivity index (χ0n) is 12.5. The standard InChI is InChI=1S/C17H27NO2/c1-2-12-19-15-8-10-16(11-9-15)20-13-17(18)14-6-4-3-5-7-14/h8-11,14,17H,2-7,12-13,18H2,1H3. The normalized spacial score (nSPS) is 17.7. The summed E-state index contributed by atoms with van der Waals surface area (Å²) in [5, 5.41) is 0. The molecule has 3 heteroatoms. The molecular weight excluding hydrogens is 250 g/mol. The molecule has 0 radical (unpaired) electrons. The fourth-order valence-electron chi connectivity index (χ4n) is 2.74. The van der Waals surface area contributed by atoms with Gasteiger partial charge in [0.25, 0.3) is 0 Å². The quantitative estimate of drug-likeness (QED) is 0.825. The van der Waals surface area contributed by atoms with E-state index in [-0.39, 0.29) is 6.04 Å². The van der Waals surface area contributed by atoms with Crippen LogP contribution in [0, 0.1) is 5.92 Å². The van der Waals surface area contributed by atoms with E-state index in [1.807, 2.05) is 24.3 Å². The molecule has 0 amide bonds. The second-order valence-corrected chi connectivity index (χ2v) is 5.69. The highest BCUT2D eigenvalue weighted by Crippen LogP contribution is 2.26. The van der Waals surface area contributed by atoms with Gasteiger partial charge in [-0.3, -0.25) is 0 Å². The first kappa shape index (κ1) is 15.2. The molecule has 20 heavy (non-hydrogen) atoms.